The largest absolute Gasteiger partial charge is 0.493 e. The normalized spacial score (nSPS) is 10.9. The summed E-state index contributed by atoms with van der Waals surface area (Å²) in [5, 5.41) is 14.2. The van der Waals surface area contributed by atoms with Crippen LogP contribution in [0.4, 0.5) is 0 Å². The molecule has 0 radical (unpaired) electrons. The minimum atomic E-state index is 0.504. The molecule has 33 heavy (non-hydrogen) atoms. The third-order valence-corrected chi connectivity index (χ3v) is 5.74. The van der Waals surface area contributed by atoms with Crippen LogP contribution in [0.1, 0.15) is 20.8 Å². The van der Waals surface area contributed by atoms with Gasteiger partial charge in [0.15, 0.2) is 28.8 Å². The fourth-order valence-electron chi connectivity index (χ4n) is 3.40. The summed E-state index contributed by atoms with van der Waals surface area (Å²) in [6.45, 7) is 7.30. The zero-order chi connectivity index (χ0) is 23.4. The van der Waals surface area contributed by atoms with Crippen molar-refractivity contribution in [3.05, 3.63) is 30.3 Å². The summed E-state index contributed by atoms with van der Waals surface area (Å²) in [5.74, 6) is 3.69. The van der Waals surface area contributed by atoms with Gasteiger partial charge in [-0.05, 0) is 51.1 Å². The van der Waals surface area contributed by atoms with E-state index in [0.29, 0.717) is 59.4 Å². The highest BCUT2D eigenvalue weighted by Gasteiger charge is 2.20. The number of aromatic nitrogens is 4. The first-order valence-corrected chi connectivity index (χ1v) is 11.5. The summed E-state index contributed by atoms with van der Waals surface area (Å²) >= 11 is 1.43. The number of hydrogen-bond acceptors (Lipinski definition) is 9. The van der Waals surface area contributed by atoms with Gasteiger partial charge in [0.25, 0.3) is 0 Å². The van der Waals surface area contributed by atoms with Gasteiger partial charge in [-0.15, -0.1) is 10.2 Å². The molecule has 0 saturated heterocycles. The molecule has 0 aliphatic rings. The minimum absolute atomic E-state index is 0.504. The molecular weight excluding hydrogens is 444 g/mol. The lowest BCUT2D eigenvalue weighted by Gasteiger charge is -2.16. The standard InChI is InChI=1S/C23H26N4O5S/c1-6-30-18-12-15(13-19(31-7-2)20(18)32-8-3)22-26-27-21(24-25-23(27)33-22)14-9-10-16(28-4)17(11-14)29-5/h9-13H,6-8H2,1-5H3. The second-order valence-electron chi connectivity index (χ2n) is 6.80. The van der Waals surface area contributed by atoms with Crippen LogP contribution in [0, 0.1) is 0 Å². The number of nitrogens with zero attached hydrogens (tertiary/aromatic N) is 4. The third kappa shape index (κ3) is 4.38. The van der Waals surface area contributed by atoms with E-state index in [4.69, 9.17) is 28.8 Å². The highest BCUT2D eigenvalue weighted by atomic mass is 32.1. The number of hydrogen-bond donors (Lipinski definition) is 0. The van der Waals surface area contributed by atoms with Crippen molar-refractivity contribution in [1.29, 1.82) is 0 Å². The van der Waals surface area contributed by atoms with Crippen LogP contribution < -0.4 is 23.7 Å². The zero-order valence-electron chi connectivity index (χ0n) is 19.2. The smallest absolute Gasteiger partial charge is 0.235 e. The van der Waals surface area contributed by atoms with Crippen molar-refractivity contribution in [2.45, 2.75) is 20.8 Å². The van der Waals surface area contributed by atoms with Gasteiger partial charge >= 0.3 is 0 Å². The first-order chi connectivity index (χ1) is 16.1. The molecule has 2 aromatic carbocycles. The maximum atomic E-state index is 5.85. The SMILES string of the molecule is CCOc1cc(-c2nn3c(-c4ccc(OC)c(OC)c4)nnc3s2)cc(OCC)c1OCC. The van der Waals surface area contributed by atoms with Crippen molar-refractivity contribution in [2.24, 2.45) is 0 Å². The Morgan fingerprint density at radius 1 is 0.758 bits per heavy atom. The van der Waals surface area contributed by atoms with Crippen LogP contribution in [-0.2, 0) is 0 Å². The number of benzene rings is 2. The summed E-state index contributed by atoms with van der Waals surface area (Å²) < 4.78 is 30.0. The van der Waals surface area contributed by atoms with Crippen molar-refractivity contribution in [3.63, 3.8) is 0 Å². The van der Waals surface area contributed by atoms with Crippen LogP contribution in [-0.4, -0.2) is 53.9 Å². The molecular formula is C23H26N4O5S. The van der Waals surface area contributed by atoms with E-state index in [1.165, 1.54) is 11.3 Å². The molecule has 4 rings (SSSR count). The monoisotopic (exact) mass is 470 g/mol. The molecule has 0 bridgehead atoms. The Morgan fingerprint density at radius 3 is 2.00 bits per heavy atom. The third-order valence-electron chi connectivity index (χ3n) is 4.79. The van der Waals surface area contributed by atoms with Gasteiger partial charge in [-0.3, -0.25) is 0 Å². The minimum Gasteiger partial charge on any atom is -0.493 e. The number of fused-ring (bicyclic) bond motifs is 1. The van der Waals surface area contributed by atoms with E-state index in [-0.39, 0.29) is 0 Å². The van der Waals surface area contributed by atoms with Gasteiger partial charge in [-0.2, -0.15) is 9.61 Å². The zero-order valence-corrected chi connectivity index (χ0v) is 20.1. The van der Waals surface area contributed by atoms with E-state index in [9.17, 15) is 0 Å². The van der Waals surface area contributed by atoms with E-state index in [0.717, 1.165) is 16.1 Å². The van der Waals surface area contributed by atoms with Crippen LogP contribution >= 0.6 is 11.3 Å². The number of ether oxygens (including phenoxy) is 5. The molecule has 0 aliphatic heterocycles. The molecule has 10 heteroatoms. The second-order valence-corrected chi connectivity index (χ2v) is 7.75. The van der Waals surface area contributed by atoms with Gasteiger partial charge in [0.1, 0.15) is 5.01 Å². The fourth-order valence-corrected chi connectivity index (χ4v) is 4.23. The van der Waals surface area contributed by atoms with Crippen LogP contribution in [0.25, 0.3) is 26.9 Å². The number of methoxy groups -OCH3 is 2. The number of rotatable bonds is 10. The Bertz CT molecular complexity index is 1230. The molecule has 9 nitrogen and oxygen atoms in total. The summed E-state index contributed by atoms with van der Waals surface area (Å²) in [4.78, 5) is 0.666. The van der Waals surface area contributed by atoms with E-state index in [1.54, 1.807) is 18.7 Å². The molecule has 0 unspecified atom stereocenters. The topological polar surface area (TPSA) is 89.2 Å². The van der Waals surface area contributed by atoms with Crippen molar-refractivity contribution in [3.8, 4) is 50.7 Å². The van der Waals surface area contributed by atoms with E-state index < -0.39 is 0 Å². The molecule has 0 aliphatic carbocycles. The molecule has 0 N–H and O–H groups in total. The molecule has 0 spiro atoms. The van der Waals surface area contributed by atoms with Crippen molar-refractivity contribution < 1.29 is 23.7 Å². The summed E-state index contributed by atoms with van der Waals surface area (Å²) in [6, 6.07) is 9.41. The molecule has 2 heterocycles. The average Bonchev–Trinajstić information content (AvgIpc) is 3.42. The Kier molecular flexibility index (Phi) is 6.83. The predicted octanol–water partition coefficient (Wildman–Crippen LogP) is 4.73. The van der Waals surface area contributed by atoms with Crippen LogP contribution in [0.3, 0.4) is 0 Å². The molecule has 174 valence electrons. The van der Waals surface area contributed by atoms with Gasteiger partial charge in [-0.1, -0.05) is 11.3 Å². The van der Waals surface area contributed by atoms with Crippen LogP contribution in [0.15, 0.2) is 30.3 Å². The van der Waals surface area contributed by atoms with Crippen LogP contribution in [0.2, 0.25) is 0 Å². The molecule has 2 aromatic heterocycles. The summed E-state index contributed by atoms with van der Waals surface area (Å²) in [7, 11) is 3.20. The Labute approximate surface area is 195 Å². The van der Waals surface area contributed by atoms with E-state index in [1.807, 2.05) is 51.1 Å². The van der Waals surface area contributed by atoms with Crippen molar-refractivity contribution >= 4 is 16.3 Å². The Morgan fingerprint density at radius 2 is 1.39 bits per heavy atom. The maximum absolute atomic E-state index is 5.85. The quantitative estimate of drug-likeness (QED) is 0.329. The second kappa shape index (κ2) is 9.95. The van der Waals surface area contributed by atoms with Crippen molar-refractivity contribution in [2.75, 3.05) is 34.0 Å². The highest BCUT2D eigenvalue weighted by molar-refractivity contribution is 7.19. The lowest BCUT2D eigenvalue weighted by atomic mass is 10.2. The first kappa shape index (κ1) is 22.7. The van der Waals surface area contributed by atoms with Gasteiger partial charge in [0.05, 0.1) is 34.0 Å². The van der Waals surface area contributed by atoms with Gasteiger partial charge in [0, 0.05) is 11.1 Å². The molecule has 0 amide bonds. The Hall–Kier alpha value is -3.53. The highest BCUT2D eigenvalue weighted by Crippen LogP contribution is 2.43. The van der Waals surface area contributed by atoms with Crippen LogP contribution in [0.5, 0.6) is 28.7 Å². The predicted molar refractivity (Wildman–Crippen MR) is 126 cm³/mol. The van der Waals surface area contributed by atoms with Gasteiger partial charge < -0.3 is 23.7 Å². The lowest BCUT2D eigenvalue weighted by Crippen LogP contribution is -2.03. The molecule has 0 saturated carbocycles. The fraction of sp³-hybridized carbons (Fsp3) is 0.348. The Balaban J connectivity index is 1.79. The van der Waals surface area contributed by atoms with E-state index in [2.05, 4.69) is 10.2 Å². The van der Waals surface area contributed by atoms with Crippen molar-refractivity contribution in [1.82, 2.24) is 19.8 Å². The summed E-state index contributed by atoms with van der Waals surface area (Å²) in [6.07, 6.45) is 0. The van der Waals surface area contributed by atoms with Gasteiger partial charge in [0.2, 0.25) is 10.7 Å². The maximum Gasteiger partial charge on any atom is 0.235 e. The van der Waals surface area contributed by atoms with E-state index >= 15 is 0 Å². The molecule has 0 atom stereocenters. The van der Waals surface area contributed by atoms with Gasteiger partial charge in [-0.25, -0.2) is 0 Å². The molecule has 4 aromatic rings. The molecule has 0 fully saturated rings. The lowest BCUT2D eigenvalue weighted by molar-refractivity contribution is 0.261. The summed E-state index contributed by atoms with van der Waals surface area (Å²) in [5.41, 5.74) is 1.66. The first-order valence-electron chi connectivity index (χ1n) is 10.6. The average molecular weight is 471 g/mol.